The number of hydrazone groups is 1. The number of aromatic carboxylic acids is 1. The zero-order chi connectivity index (χ0) is 15.4. The van der Waals surface area contributed by atoms with Crippen LogP contribution in [0.15, 0.2) is 41.5 Å². The second-order valence-electron chi connectivity index (χ2n) is 4.11. The molecule has 0 spiro atoms. The number of carboxylic acids is 1. The summed E-state index contributed by atoms with van der Waals surface area (Å²) in [5.74, 6) is -1.62. The highest BCUT2D eigenvalue weighted by Gasteiger charge is 2.14. The van der Waals surface area contributed by atoms with Crippen molar-refractivity contribution in [3.8, 4) is 6.07 Å². The lowest BCUT2D eigenvalue weighted by molar-refractivity contribution is 0.0700. The topological polar surface area (TPSA) is 135 Å². The molecular formula is C14H11N5O2. The average Bonchev–Trinajstić information content (AvgIpc) is 2.46. The van der Waals surface area contributed by atoms with Gasteiger partial charge in [-0.15, -0.1) is 0 Å². The van der Waals surface area contributed by atoms with Gasteiger partial charge in [0.1, 0.15) is 6.07 Å². The first-order chi connectivity index (χ1) is 10.0. The molecule has 0 aliphatic carbocycles. The van der Waals surface area contributed by atoms with Gasteiger partial charge in [0.15, 0.2) is 5.84 Å². The maximum atomic E-state index is 11.5. The van der Waals surface area contributed by atoms with Crippen LogP contribution in [0.25, 0.3) is 10.8 Å². The summed E-state index contributed by atoms with van der Waals surface area (Å²) in [7, 11) is 0. The third-order valence-electron chi connectivity index (χ3n) is 2.79. The van der Waals surface area contributed by atoms with Crippen molar-refractivity contribution in [1.82, 2.24) is 0 Å². The van der Waals surface area contributed by atoms with Gasteiger partial charge in [0.2, 0.25) is 5.71 Å². The maximum Gasteiger partial charge on any atom is 0.338 e. The maximum absolute atomic E-state index is 11.5. The summed E-state index contributed by atoms with van der Waals surface area (Å²) in [4.78, 5) is 11.5. The lowest BCUT2D eigenvalue weighted by Gasteiger charge is -2.09. The van der Waals surface area contributed by atoms with Gasteiger partial charge in [-0.2, -0.15) is 10.4 Å². The van der Waals surface area contributed by atoms with E-state index in [1.807, 2.05) is 6.07 Å². The minimum Gasteiger partial charge on any atom is -0.478 e. The zero-order valence-corrected chi connectivity index (χ0v) is 10.8. The van der Waals surface area contributed by atoms with Crippen molar-refractivity contribution < 1.29 is 9.90 Å². The number of nitrogens with one attached hydrogen (secondary N) is 2. The van der Waals surface area contributed by atoms with Gasteiger partial charge in [-0.25, -0.2) is 4.79 Å². The molecule has 2 aromatic carbocycles. The predicted molar refractivity (Wildman–Crippen MR) is 79.5 cm³/mol. The highest BCUT2D eigenvalue weighted by Crippen LogP contribution is 2.26. The Balaban J connectivity index is 2.55. The molecule has 0 saturated heterocycles. The van der Waals surface area contributed by atoms with Crippen molar-refractivity contribution in [1.29, 1.82) is 10.7 Å². The summed E-state index contributed by atoms with van der Waals surface area (Å²) in [6.45, 7) is 0. The number of amidine groups is 1. The summed E-state index contributed by atoms with van der Waals surface area (Å²) in [5.41, 5.74) is 7.59. The van der Waals surface area contributed by atoms with E-state index in [-0.39, 0.29) is 17.0 Å². The molecule has 0 fully saturated rings. The van der Waals surface area contributed by atoms with E-state index in [0.717, 1.165) is 5.39 Å². The first-order valence-corrected chi connectivity index (χ1v) is 5.88. The summed E-state index contributed by atoms with van der Waals surface area (Å²) in [5, 5.41) is 30.3. The van der Waals surface area contributed by atoms with E-state index in [4.69, 9.17) is 16.4 Å². The van der Waals surface area contributed by atoms with Gasteiger partial charge >= 0.3 is 5.97 Å². The van der Waals surface area contributed by atoms with Crippen molar-refractivity contribution in [2.75, 3.05) is 5.43 Å². The number of rotatable bonds is 4. The molecule has 0 unspecified atom stereocenters. The van der Waals surface area contributed by atoms with Crippen LogP contribution in [-0.4, -0.2) is 22.6 Å². The van der Waals surface area contributed by atoms with Crippen LogP contribution >= 0.6 is 0 Å². The van der Waals surface area contributed by atoms with Crippen LogP contribution in [0.3, 0.4) is 0 Å². The van der Waals surface area contributed by atoms with Gasteiger partial charge in [0.25, 0.3) is 0 Å². The fourth-order valence-corrected chi connectivity index (χ4v) is 1.86. The molecule has 5 N–H and O–H groups in total. The molecule has 104 valence electrons. The number of nitriles is 1. The van der Waals surface area contributed by atoms with Crippen molar-refractivity contribution in [3.63, 3.8) is 0 Å². The molecule has 0 heterocycles. The SMILES string of the molecule is N#C/C(=N\Nc1ccc2ccccc2c1C(=O)O)C(=N)N. The van der Waals surface area contributed by atoms with Gasteiger partial charge in [0.05, 0.1) is 11.3 Å². The van der Waals surface area contributed by atoms with E-state index in [2.05, 4.69) is 10.5 Å². The summed E-state index contributed by atoms with van der Waals surface area (Å²) < 4.78 is 0. The number of anilines is 1. The highest BCUT2D eigenvalue weighted by molar-refractivity contribution is 6.45. The Morgan fingerprint density at radius 1 is 1.33 bits per heavy atom. The van der Waals surface area contributed by atoms with Crippen LogP contribution in [0.1, 0.15) is 10.4 Å². The molecule has 0 amide bonds. The first kappa shape index (κ1) is 14.0. The van der Waals surface area contributed by atoms with E-state index in [9.17, 15) is 9.90 Å². The van der Waals surface area contributed by atoms with Crippen LogP contribution in [0.5, 0.6) is 0 Å². The number of hydrogen-bond donors (Lipinski definition) is 4. The van der Waals surface area contributed by atoms with Crippen LogP contribution in [0, 0.1) is 16.7 Å². The van der Waals surface area contributed by atoms with Crippen molar-refractivity contribution >= 4 is 34.0 Å². The Kier molecular flexibility index (Phi) is 3.81. The average molecular weight is 281 g/mol. The molecule has 0 aliphatic heterocycles. The number of hydrogen-bond acceptors (Lipinski definition) is 5. The van der Waals surface area contributed by atoms with Gasteiger partial charge < -0.3 is 10.8 Å². The largest absolute Gasteiger partial charge is 0.478 e. The van der Waals surface area contributed by atoms with Gasteiger partial charge in [-0.05, 0) is 16.8 Å². The minimum absolute atomic E-state index is 0.0395. The predicted octanol–water partition coefficient (Wildman–Crippen LogP) is 1.77. The normalized spacial score (nSPS) is 10.9. The molecule has 0 bridgehead atoms. The van der Waals surface area contributed by atoms with Gasteiger partial charge in [0, 0.05) is 0 Å². The second kappa shape index (κ2) is 5.71. The van der Waals surface area contributed by atoms with E-state index in [1.54, 1.807) is 36.4 Å². The monoisotopic (exact) mass is 281 g/mol. The zero-order valence-electron chi connectivity index (χ0n) is 10.8. The van der Waals surface area contributed by atoms with Crippen LogP contribution < -0.4 is 11.2 Å². The third-order valence-corrected chi connectivity index (χ3v) is 2.79. The van der Waals surface area contributed by atoms with Crippen molar-refractivity contribution in [2.24, 2.45) is 10.8 Å². The van der Waals surface area contributed by atoms with E-state index in [1.165, 1.54) is 0 Å². The molecule has 0 atom stereocenters. The van der Waals surface area contributed by atoms with Crippen LogP contribution in [0.2, 0.25) is 0 Å². The molecule has 7 nitrogen and oxygen atoms in total. The standard InChI is InChI=1S/C14H11N5O2/c15-7-11(13(16)17)19-18-10-6-5-8-3-1-2-4-9(8)12(10)14(20)21/h1-6,18H,(H3,16,17)(H,20,21)/b19-11+. The summed E-state index contributed by atoms with van der Waals surface area (Å²) in [6.07, 6.45) is 0. The highest BCUT2D eigenvalue weighted by atomic mass is 16.4. The first-order valence-electron chi connectivity index (χ1n) is 5.88. The fourth-order valence-electron chi connectivity index (χ4n) is 1.86. The van der Waals surface area contributed by atoms with Crippen LogP contribution in [0.4, 0.5) is 5.69 Å². The number of nitrogens with zero attached hydrogens (tertiary/aromatic N) is 2. The quantitative estimate of drug-likeness (QED) is 0.384. The fraction of sp³-hybridized carbons (Fsp3) is 0. The number of benzene rings is 2. The molecule has 21 heavy (non-hydrogen) atoms. The Hall–Kier alpha value is -3.40. The Labute approximate surface area is 119 Å². The van der Waals surface area contributed by atoms with E-state index in [0.29, 0.717) is 5.39 Å². The summed E-state index contributed by atoms with van der Waals surface area (Å²) >= 11 is 0. The molecule has 0 saturated carbocycles. The van der Waals surface area contributed by atoms with E-state index >= 15 is 0 Å². The number of nitrogens with two attached hydrogens (primary N) is 1. The van der Waals surface area contributed by atoms with E-state index < -0.39 is 11.8 Å². The number of carbonyl (C=O) groups is 1. The smallest absolute Gasteiger partial charge is 0.338 e. The van der Waals surface area contributed by atoms with Crippen molar-refractivity contribution in [3.05, 3.63) is 42.0 Å². The van der Waals surface area contributed by atoms with Gasteiger partial charge in [-0.1, -0.05) is 30.3 Å². The van der Waals surface area contributed by atoms with Crippen molar-refractivity contribution in [2.45, 2.75) is 0 Å². The minimum atomic E-state index is -1.12. The lowest BCUT2D eigenvalue weighted by Crippen LogP contribution is -2.22. The molecule has 0 aromatic heterocycles. The molecule has 2 rings (SSSR count). The number of fused-ring (bicyclic) bond motifs is 1. The van der Waals surface area contributed by atoms with Gasteiger partial charge in [-0.3, -0.25) is 10.8 Å². The Morgan fingerprint density at radius 2 is 2.05 bits per heavy atom. The summed E-state index contributed by atoms with van der Waals surface area (Å²) in [6, 6.07) is 12.0. The molecule has 0 aliphatic rings. The second-order valence-corrected chi connectivity index (χ2v) is 4.11. The molecule has 7 heteroatoms. The molecule has 2 aromatic rings. The third kappa shape index (κ3) is 2.79. The Bertz CT molecular complexity index is 805. The molecule has 0 radical (unpaired) electrons. The molecular weight excluding hydrogens is 270 g/mol. The van der Waals surface area contributed by atoms with Crippen LogP contribution in [-0.2, 0) is 0 Å². The number of carboxylic acid groups (broad SMARTS) is 1. The Morgan fingerprint density at radius 3 is 2.67 bits per heavy atom. The lowest BCUT2D eigenvalue weighted by atomic mass is 10.0.